The molecule has 1 fully saturated rings. The van der Waals surface area contributed by atoms with Crippen LogP contribution in [0.15, 0.2) is 48.5 Å². The Morgan fingerprint density at radius 1 is 1.11 bits per heavy atom. The van der Waals surface area contributed by atoms with Crippen LogP contribution in [-0.4, -0.2) is 55.7 Å². The number of nitrogens with zero attached hydrogens (tertiary/aromatic N) is 2. The number of carbonyl (C=O) groups excluding carboxylic acids is 1. The number of morpholine rings is 1. The normalized spacial score (nSPS) is 14.4. The van der Waals surface area contributed by atoms with Gasteiger partial charge in [0.2, 0.25) is 0 Å². The van der Waals surface area contributed by atoms with E-state index < -0.39 is 0 Å². The predicted octanol–water partition coefficient (Wildman–Crippen LogP) is 2.70. The number of halogens is 1. The number of hydrogen-bond acceptors (Lipinski definition) is 4. The first-order valence-corrected chi connectivity index (χ1v) is 9.11. The Morgan fingerprint density at radius 3 is 2.52 bits per heavy atom. The molecule has 1 amide bonds. The van der Waals surface area contributed by atoms with Crippen LogP contribution in [-0.2, 0) is 22.6 Å². The number of carbonyl (C=O) groups is 1. The number of amides is 1. The van der Waals surface area contributed by atoms with Gasteiger partial charge in [-0.2, -0.15) is 0 Å². The van der Waals surface area contributed by atoms with E-state index in [2.05, 4.69) is 4.90 Å². The van der Waals surface area contributed by atoms with Crippen molar-refractivity contribution in [1.82, 2.24) is 9.80 Å². The minimum absolute atomic E-state index is 0.0213. The first-order chi connectivity index (χ1) is 13.1. The lowest BCUT2D eigenvalue weighted by molar-refractivity contribution is -0.137. The summed E-state index contributed by atoms with van der Waals surface area (Å²) in [5.41, 5.74) is 1.78. The number of benzene rings is 2. The molecule has 1 aliphatic heterocycles. The third-order valence-corrected chi connectivity index (χ3v) is 4.50. The van der Waals surface area contributed by atoms with Crippen LogP contribution in [0.3, 0.4) is 0 Å². The van der Waals surface area contributed by atoms with E-state index in [-0.39, 0.29) is 18.3 Å². The fraction of sp³-hybridized carbons (Fsp3) is 0.381. The first kappa shape index (κ1) is 19.3. The van der Waals surface area contributed by atoms with E-state index in [1.54, 1.807) is 17.0 Å². The molecule has 2 aromatic rings. The SMILES string of the molecule is CN(Cc1ccc(OCC(=O)N2CCOCC2)cc1)Cc1ccccc1F. The Bertz CT molecular complexity index is 745. The lowest BCUT2D eigenvalue weighted by atomic mass is 10.1. The second-order valence-corrected chi connectivity index (χ2v) is 6.69. The van der Waals surface area contributed by atoms with Gasteiger partial charge in [0.05, 0.1) is 13.2 Å². The van der Waals surface area contributed by atoms with Crippen LogP contribution >= 0.6 is 0 Å². The zero-order valence-electron chi connectivity index (χ0n) is 15.6. The third kappa shape index (κ3) is 5.77. The molecule has 0 radical (unpaired) electrons. The molecule has 5 nitrogen and oxygen atoms in total. The van der Waals surface area contributed by atoms with E-state index in [9.17, 15) is 9.18 Å². The van der Waals surface area contributed by atoms with Gasteiger partial charge in [0.1, 0.15) is 11.6 Å². The van der Waals surface area contributed by atoms with Gasteiger partial charge in [0, 0.05) is 31.7 Å². The van der Waals surface area contributed by atoms with Gasteiger partial charge < -0.3 is 14.4 Å². The monoisotopic (exact) mass is 372 g/mol. The summed E-state index contributed by atoms with van der Waals surface area (Å²) in [7, 11) is 1.96. The quantitative estimate of drug-likeness (QED) is 0.750. The van der Waals surface area contributed by atoms with Gasteiger partial charge in [-0.05, 0) is 30.8 Å². The van der Waals surface area contributed by atoms with Crippen LogP contribution in [0.4, 0.5) is 4.39 Å². The Hall–Kier alpha value is -2.44. The molecular weight excluding hydrogens is 347 g/mol. The Labute approximate surface area is 159 Å². The molecule has 0 N–H and O–H groups in total. The molecule has 1 aliphatic rings. The molecule has 1 saturated heterocycles. The summed E-state index contributed by atoms with van der Waals surface area (Å²) in [4.78, 5) is 15.9. The van der Waals surface area contributed by atoms with Crippen LogP contribution in [0.1, 0.15) is 11.1 Å². The van der Waals surface area contributed by atoms with Crippen molar-refractivity contribution in [1.29, 1.82) is 0 Å². The summed E-state index contributed by atoms with van der Waals surface area (Å²) >= 11 is 0. The molecule has 2 aromatic carbocycles. The van der Waals surface area contributed by atoms with Crippen molar-refractivity contribution >= 4 is 5.91 Å². The smallest absolute Gasteiger partial charge is 0.260 e. The fourth-order valence-electron chi connectivity index (χ4n) is 3.03. The van der Waals surface area contributed by atoms with E-state index in [1.807, 2.05) is 37.4 Å². The number of ether oxygens (including phenoxy) is 2. The topological polar surface area (TPSA) is 42.0 Å². The summed E-state index contributed by atoms with van der Waals surface area (Å²) in [5, 5.41) is 0. The van der Waals surface area contributed by atoms with E-state index in [1.165, 1.54) is 6.07 Å². The van der Waals surface area contributed by atoms with Crippen molar-refractivity contribution in [3.05, 3.63) is 65.5 Å². The zero-order valence-corrected chi connectivity index (χ0v) is 15.6. The molecule has 0 spiro atoms. The maximum absolute atomic E-state index is 13.7. The highest BCUT2D eigenvalue weighted by atomic mass is 19.1. The number of hydrogen-bond donors (Lipinski definition) is 0. The van der Waals surface area contributed by atoms with Gasteiger partial charge in [0.25, 0.3) is 5.91 Å². The van der Waals surface area contributed by atoms with Crippen LogP contribution in [0.2, 0.25) is 0 Å². The van der Waals surface area contributed by atoms with E-state index in [0.717, 1.165) is 5.56 Å². The zero-order chi connectivity index (χ0) is 19.1. The molecule has 3 rings (SSSR count). The van der Waals surface area contributed by atoms with Crippen molar-refractivity contribution in [3.8, 4) is 5.75 Å². The Kier molecular flexibility index (Phi) is 6.79. The van der Waals surface area contributed by atoms with E-state index >= 15 is 0 Å². The minimum atomic E-state index is -0.182. The number of rotatable bonds is 7. The van der Waals surface area contributed by atoms with Gasteiger partial charge in [-0.15, -0.1) is 0 Å². The maximum Gasteiger partial charge on any atom is 0.260 e. The Balaban J connectivity index is 1.46. The highest BCUT2D eigenvalue weighted by Gasteiger charge is 2.17. The fourth-order valence-corrected chi connectivity index (χ4v) is 3.03. The molecule has 0 bridgehead atoms. The van der Waals surface area contributed by atoms with Gasteiger partial charge >= 0.3 is 0 Å². The standard InChI is InChI=1S/C21H25FN2O3/c1-23(15-18-4-2-3-5-20(18)22)14-17-6-8-19(9-7-17)27-16-21(25)24-10-12-26-13-11-24/h2-9H,10-16H2,1H3. The summed E-state index contributed by atoms with van der Waals surface area (Å²) in [6, 6.07) is 14.5. The van der Waals surface area contributed by atoms with Crippen molar-refractivity contribution in [2.24, 2.45) is 0 Å². The molecule has 27 heavy (non-hydrogen) atoms. The van der Waals surface area contributed by atoms with Crippen LogP contribution in [0.5, 0.6) is 5.75 Å². The second kappa shape index (κ2) is 9.48. The summed E-state index contributed by atoms with van der Waals surface area (Å²) < 4.78 is 24.6. The van der Waals surface area contributed by atoms with Gasteiger partial charge in [0.15, 0.2) is 6.61 Å². The molecule has 6 heteroatoms. The molecular formula is C21H25FN2O3. The highest BCUT2D eigenvalue weighted by molar-refractivity contribution is 5.77. The van der Waals surface area contributed by atoms with Gasteiger partial charge in [-0.25, -0.2) is 4.39 Å². The average Bonchev–Trinajstić information content (AvgIpc) is 2.69. The van der Waals surface area contributed by atoms with Gasteiger partial charge in [-0.1, -0.05) is 30.3 Å². The highest BCUT2D eigenvalue weighted by Crippen LogP contribution is 2.15. The lowest BCUT2D eigenvalue weighted by Gasteiger charge is -2.26. The summed E-state index contributed by atoms with van der Waals surface area (Å²) in [6.07, 6.45) is 0. The molecule has 0 saturated carbocycles. The molecule has 1 heterocycles. The maximum atomic E-state index is 13.7. The van der Waals surface area contributed by atoms with Crippen molar-refractivity contribution in [2.45, 2.75) is 13.1 Å². The largest absolute Gasteiger partial charge is 0.484 e. The molecule has 144 valence electrons. The van der Waals surface area contributed by atoms with Crippen LogP contribution < -0.4 is 4.74 Å². The predicted molar refractivity (Wildman–Crippen MR) is 101 cm³/mol. The van der Waals surface area contributed by atoms with Crippen molar-refractivity contribution in [3.63, 3.8) is 0 Å². The minimum Gasteiger partial charge on any atom is -0.484 e. The molecule has 0 aromatic heterocycles. The van der Waals surface area contributed by atoms with Crippen molar-refractivity contribution in [2.75, 3.05) is 40.0 Å². The molecule has 0 aliphatic carbocycles. The lowest BCUT2D eigenvalue weighted by Crippen LogP contribution is -2.42. The van der Waals surface area contributed by atoms with E-state index in [4.69, 9.17) is 9.47 Å². The summed E-state index contributed by atoms with van der Waals surface area (Å²) in [6.45, 7) is 3.68. The third-order valence-electron chi connectivity index (χ3n) is 4.50. The summed E-state index contributed by atoms with van der Waals surface area (Å²) in [5.74, 6) is 0.460. The average molecular weight is 372 g/mol. The van der Waals surface area contributed by atoms with Crippen LogP contribution in [0, 0.1) is 5.82 Å². The second-order valence-electron chi connectivity index (χ2n) is 6.69. The molecule has 0 atom stereocenters. The Morgan fingerprint density at radius 2 is 1.81 bits per heavy atom. The van der Waals surface area contributed by atoms with E-state index in [0.29, 0.717) is 50.7 Å². The molecule has 0 unspecified atom stereocenters. The van der Waals surface area contributed by atoms with Crippen molar-refractivity contribution < 1.29 is 18.7 Å². The van der Waals surface area contributed by atoms with Crippen LogP contribution in [0.25, 0.3) is 0 Å². The van der Waals surface area contributed by atoms with Gasteiger partial charge in [-0.3, -0.25) is 9.69 Å². The first-order valence-electron chi connectivity index (χ1n) is 9.11.